The highest BCUT2D eigenvalue weighted by Crippen LogP contribution is 2.25. The van der Waals surface area contributed by atoms with E-state index in [1.54, 1.807) is 6.20 Å². The summed E-state index contributed by atoms with van der Waals surface area (Å²) in [4.78, 5) is 4.07. The van der Waals surface area contributed by atoms with Gasteiger partial charge in [0, 0.05) is 44.1 Å². The largest absolute Gasteiger partial charge is 0.391 e. The van der Waals surface area contributed by atoms with Crippen molar-refractivity contribution in [2.45, 2.75) is 19.8 Å². The third-order valence-corrected chi connectivity index (χ3v) is 4.16. The van der Waals surface area contributed by atoms with E-state index in [2.05, 4.69) is 39.7 Å². The third kappa shape index (κ3) is 4.82. The molecular weight excluding hydrogens is 338 g/mol. The van der Waals surface area contributed by atoms with Gasteiger partial charge in [-0.2, -0.15) is 0 Å². The van der Waals surface area contributed by atoms with Crippen LogP contribution in [0.2, 0.25) is 0 Å². The van der Waals surface area contributed by atoms with Crippen LogP contribution in [0.1, 0.15) is 23.7 Å². The Labute approximate surface area is 158 Å². The lowest BCUT2D eigenvalue weighted by Crippen LogP contribution is -2.06. The minimum atomic E-state index is 0.428. The van der Waals surface area contributed by atoms with E-state index in [4.69, 9.17) is 15.7 Å². The topological polar surface area (TPSA) is 101 Å². The van der Waals surface area contributed by atoms with Gasteiger partial charge < -0.3 is 21.0 Å². The summed E-state index contributed by atoms with van der Waals surface area (Å²) in [7, 11) is 0. The minimum Gasteiger partial charge on any atom is -0.391 e. The summed E-state index contributed by atoms with van der Waals surface area (Å²) in [5.74, 6) is 1.05. The van der Waals surface area contributed by atoms with Crippen molar-refractivity contribution in [3.8, 4) is 11.3 Å². The number of hydrogen-bond acceptors (Lipinski definition) is 6. The minimum absolute atomic E-state index is 0.428. The van der Waals surface area contributed by atoms with Crippen molar-refractivity contribution < 1.29 is 4.52 Å². The number of aromatic nitrogens is 2. The number of pyridine rings is 1. The lowest BCUT2D eigenvalue weighted by molar-refractivity contribution is 0.425. The fourth-order valence-electron chi connectivity index (χ4n) is 2.74. The van der Waals surface area contributed by atoms with Gasteiger partial charge in [0.05, 0.1) is 11.3 Å². The molecule has 0 saturated carbocycles. The standard InChI is InChI=1S/C21H23N5O/c1-2-24-14-17(13-22)10-15-5-7-16(8-6-15)11-18-12-20(27-26-18)19-4-3-9-25-21(19)23/h3-9,12-14,22,24H,2,10-11H2,1H3,(H2,23,25)/b17-14-,22-13?. The monoisotopic (exact) mass is 361 g/mol. The summed E-state index contributed by atoms with van der Waals surface area (Å²) in [6, 6.07) is 13.9. The lowest BCUT2D eigenvalue weighted by Gasteiger charge is -2.05. The number of hydrogen-bond donors (Lipinski definition) is 3. The Morgan fingerprint density at radius 3 is 2.70 bits per heavy atom. The maximum Gasteiger partial charge on any atom is 0.170 e. The molecule has 0 fully saturated rings. The molecule has 2 heterocycles. The molecule has 0 unspecified atom stereocenters. The zero-order chi connectivity index (χ0) is 19.1. The van der Waals surface area contributed by atoms with Gasteiger partial charge in [-0.05, 0) is 35.8 Å². The first kappa shape index (κ1) is 18.4. The van der Waals surface area contributed by atoms with Crippen LogP contribution in [0.4, 0.5) is 5.82 Å². The Balaban J connectivity index is 1.67. The van der Waals surface area contributed by atoms with Crippen LogP contribution in [0.3, 0.4) is 0 Å². The average Bonchev–Trinajstić information content (AvgIpc) is 3.15. The maximum absolute atomic E-state index is 7.50. The van der Waals surface area contributed by atoms with Crippen LogP contribution in [-0.2, 0) is 12.8 Å². The molecule has 138 valence electrons. The molecule has 0 aliphatic rings. The normalized spacial score (nSPS) is 11.4. The van der Waals surface area contributed by atoms with Gasteiger partial charge >= 0.3 is 0 Å². The van der Waals surface area contributed by atoms with Gasteiger partial charge in [-0.3, -0.25) is 0 Å². The number of nitrogens with two attached hydrogens (primary N) is 1. The third-order valence-electron chi connectivity index (χ3n) is 4.16. The number of nitrogen functional groups attached to an aromatic ring is 1. The highest BCUT2D eigenvalue weighted by molar-refractivity contribution is 5.76. The molecule has 0 aliphatic carbocycles. The van der Waals surface area contributed by atoms with E-state index in [-0.39, 0.29) is 0 Å². The van der Waals surface area contributed by atoms with Crippen molar-refractivity contribution in [1.29, 1.82) is 5.41 Å². The van der Waals surface area contributed by atoms with Crippen LogP contribution in [0.5, 0.6) is 0 Å². The first-order valence-corrected chi connectivity index (χ1v) is 8.86. The highest BCUT2D eigenvalue weighted by Gasteiger charge is 2.10. The molecule has 0 spiro atoms. The molecule has 27 heavy (non-hydrogen) atoms. The molecule has 0 saturated heterocycles. The first-order valence-electron chi connectivity index (χ1n) is 8.86. The van der Waals surface area contributed by atoms with Crippen LogP contribution in [0.25, 0.3) is 11.3 Å². The van der Waals surface area contributed by atoms with Crippen molar-refractivity contribution in [2.24, 2.45) is 0 Å². The van der Waals surface area contributed by atoms with Crippen LogP contribution in [0, 0.1) is 5.41 Å². The molecule has 0 aliphatic heterocycles. The van der Waals surface area contributed by atoms with Crippen LogP contribution in [0.15, 0.2) is 65.0 Å². The second-order valence-corrected chi connectivity index (χ2v) is 6.21. The predicted molar refractivity (Wildman–Crippen MR) is 108 cm³/mol. The van der Waals surface area contributed by atoms with Gasteiger partial charge in [-0.15, -0.1) is 0 Å². The van der Waals surface area contributed by atoms with E-state index >= 15 is 0 Å². The van der Waals surface area contributed by atoms with Crippen molar-refractivity contribution in [2.75, 3.05) is 12.3 Å². The Kier molecular flexibility index (Phi) is 5.99. The number of rotatable bonds is 8. The Bertz CT molecular complexity index is 928. The molecule has 3 rings (SSSR count). The second kappa shape index (κ2) is 8.80. The van der Waals surface area contributed by atoms with Crippen molar-refractivity contribution in [1.82, 2.24) is 15.5 Å². The first-order chi connectivity index (χ1) is 13.2. The van der Waals surface area contributed by atoms with Gasteiger partial charge in [0.25, 0.3) is 0 Å². The van der Waals surface area contributed by atoms with Gasteiger partial charge in [0.1, 0.15) is 5.82 Å². The van der Waals surface area contributed by atoms with Crippen molar-refractivity contribution in [3.05, 3.63) is 77.3 Å². The highest BCUT2D eigenvalue weighted by atomic mass is 16.5. The molecular formula is C21H23N5O. The maximum atomic E-state index is 7.50. The van der Waals surface area contributed by atoms with Crippen LogP contribution < -0.4 is 11.1 Å². The number of nitrogens with one attached hydrogen (secondary N) is 2. The smallest absolute Gasteiger partial charge is 0.170 e. The molecule has 0 atom stereocenters. The summed E-state index contributed by atoms with van der Waals surface area (Å²) in [6.45, 7) is 2.88. The zero-order valence-electron chi connectivity index (χ0n) is 15.3. The summed E-state index contributed by atoms with van der Waals surface area (Å²) >= 11 is 0. The summed E-state index contributed by atoms with van der Waals surface area (Å²) < 4.78 is 5.42. The van der Waals surface area contributed by atoms with E-state index in [9.17, 15) is 0 Å². The number of allylic oxidation sites excluding steroid dienone is 1. The van der Waals surface area contributed by atoms with Gasteiger partial charge in [0.2, 0.25) is 0 Å². The second-order valence-electron chi connectivity index (χ2n) is 6.21. The molecule has 3 aromatic rings. The van der Waals surface area contributed by atoms with E-state index in [1.807, 2.05) is 31.3 Å². The fourth-order valence-corrected chi connectivity index (χ4v) is 2.74. The van der Waals surface area contributed by atoms with Crippen LogP contribution >= 0.6 is 0 Å². The molecule has 1 aromatic carbocycles. The van der Waals surface area contributed by atoms with Gasteiger partial charge in [-0.1, -0.05) is 29.4 Å². The molecule has 0 bridgehead atoms. The Hall–Kier alpha value is -3.41. The number of benzene rings is 1. The zero-order valence-corrected chi connectivity index (χ0v) is 15.3. The predicted octanol–water partition coefficient (Wildman–Crippen LogP) is 3.60. The van der Waals surface area contributed by atoms with E-state index in [0.29, 0.717) is 18.0 Å². The quantitative estimate of drug-likeness (QED) is 0.532. The average molecular weight is 361 g/mol. The SMILES string of the molecule is CCN/C=C(\C=N)Cc1ccc(Cc2cc(-c3cccnc3N)on2)cc1. The van der Waals surface area contributed by atoms with Gasteiger partial charge in [-0.25, -0.2) is 4.98 Å². The van der Waals surface area contributed by atoms with E-state index < -0.39 is 0 Å². The number of anilines is 1. The summed E-state index contributed by atoms with van der Waals surface area (Å²) in [5.41, 5.74) is 10.7. The van der Waals surface area contributed by atoms with E-state index in [1.165, 1.54) is 6.21 Å². The van der Waals surface area contributed by atoms with E-state index in [0.717, 1.165) is 40.9 Å². The summed E-state index contributed by atoms with van der Waals surface area (Å²) in [5, 5.41) is 14.8. The molecule has 0 amide bonds. The Morgan fingerprint density at radius 2 is 2.00 bits per heavy atom. The summed E-state index contributed by atoms with van der Waals surface area (Å²) in [6.07, 6.45) is 6.33. The molecule has 6 nitrogen and oxygen atoms in total. The lowest BCUT2D eigenvalue weighted by atomic mass is 10.0. The Morgan fingerprint density at radius 1 is 1.22 bits per heavy atom. The molecule has 0 radical (unpaired) electrons. The fraction of sp³-hybridized carbons (Fsp3) is 0.190. The van der Waals surface area contributed by atoms with Crippen molar-refractivity contribution >= 4 is 12.0 Å². The number of nitrogens with zero attached hydrogens (tertiary/aromatic N) is 2. The molecule has 6 heteroatoms. The van der Waals surface area contributed by atoms with Crippen LogP contribution in [-0.4, -0.2) is 22.9 Å². The van der Waals surface area contributed by atoms with Crippen molar-refractivity contribution in [3.63, 3.8) is 0 Å². The molecule has 4 N–H and O–H groups in total. The molecule has 2 aromatic heterocycles. The van der Waals surface area contributed by atoms with Gasteiger partial charge in [0.15, 0.2) is 5.76 Å².